The quantitative estimate of drug-likeness (QED) is 0.116. The highest BCUT2D eigenvalue weighted by Crippen LogP contribution is 2.43. The maximum absolute atomic E-state index is 11.6. The second-order valence-corrected chi connectivity index (χ2v) is 11.5. The summed E-state index contributed by atoms with van der Waals surface area (Å²) in [6, 6.07) is 17.4. The zero-order valence-electron chi connectivity index (χ0n) is 23.2. The van der Waals surface area contributed by atoms with E-state index in [9.17, 15) is 22.3 Å². The Kier molecular flexibility index (Phi) is 10.4. The van der Waals surface area contributed by atoms with Gasteiger partial charge in [-0.2, -0.15) is 23.8 Å². The molecule has 0 spiro atoms. The number of aryl methyl sites for hydroxylation is 2. The number of phenols is 1. The number of benzene rings is 4. The van der Waals surface area contributed by atoms with E-state index in [1.807, 2.05) is 24.3 Å². The molecule has 216 valence electrons. The fourth-order valence-electron chi connectivity index (χ4n) is 3.92. The Bertz CT molecular complexity index is 1740. The van der Waals surface area contributed by atoms with Crippen LogP contribution in [0, 0.1) is 13.8 Å². The number of rotatable bonds is 7. The van der Waals surface area contributed by atoms with Crippen LogP contribution in [-0.4, -0.2) is 36.4 Å². The number of nitrogens with zero attached hydrogens (tertiary/aromatic N) is 4. The maximum Gasteiger partial charge on any atom is 0.294 e. The molecule has 4 N–H and O–H groups in total. The minimum atomic E-state index is -4.44. The van der Waals surface area contributed by atoms with Crippen molar-refractivity contribution in [2.45, 2.75) is 37.0 Å². The molecular weight excluding hydrogens is 566 g/mol. The van der Waals surface area contributed by atoms with Crippen LogP contribution in [0.25, 0.3) is 10.8 Å². The van der Waals surface area contributed by atoms with Crippen LogP contribution < -0.4 is 5.73 Å². The van der Waals surface area contributed by atoms with E-state index in [-0.39, 0.29) is 33.0 Å². The van der Waals surface area contributed by atoms with Crippen molar-refractivity contribution in [2.24, 2.45) is 20.5 Å². The van der Waals surface area contributed by atoms with Crippen LogP contribution in [0.2, 0.25) is 0 Å². The smallest absolute Gasteiger partial charge is 0.294 e. The Morgan fingerprint density at radius 1 is 0.951 bits per heavy atom. The molecule has 0 fully saturated rings. The second kappa shape index (κ2) is 13.5. The zero-order chi connectivity index (χ0) is 30.3. The van der Waals surface area contributed by atoms with Gasteiger partial charge in [-0.05, 0) is 90.9 Å². The number of aromatic hydroxyl groups is 1. The van der Waals surface area contributed by atoms with Crippen molar-refractivity contribution in [3.8, 4) is 5.75 Å². The molecular formula is C28H31N5O6S2. The highest BCUT2D eigenvalue weighted by molar-refractivity contribution is 7.86. The molecule has 4 aromatic carbocycles. The lowest BCUT2D eigenvalue weighted by Gasteiger charge is -2.14. The van der Waals surface area contributed by atoms with E-state index in [1.54, 1.807) is 44.3 Å². The number of hydrogen-bond donors (Lipinski definition) is 3. The largest absolute Gasteiger partial charge is 0.505 e. The lowest BCUT2D eigenvalue weighted by atomic mass is 10.00. The average molecular weight is 598 g/mol. The summed E-state index contributed by atoms with van der Waals surface area (Å²) in [5.74, 6) is -0.189. The standard InChI is InChI=1S/C20H21N3O4S.C8H10N2O2S/c1-4-13-5-7-15(8-6-13)22-23-19-11(2)9-14-10-16(28(25,26)27)12(3)18(21)17(14)20(19)24;1-9-10-7-3-5-8(6-4-7)13(11)12-2/h5-10,24H,4,21H2,1-3H3,(H,25,26,27);3-6H,1-2H3. The summed E-state index contributed by atoms with van der Waals surface area (Å²) in [6.07, 6.45) is 0.923. The Morgan fingerprint density at radius 2 is 1.54 bits per heavy atom. The van der Waals surface area contributed by atoms with Crippen molar-refractivity contribution in [2.75, 3.05) is 19.9 Å². The van der Waals surface area contributed by atoms with Crippen molar-refractivity contribution in [3.63, 3.8) is 0 Å². The molecule has 13 heteroatoms. The van der Waals surface area contributed by atoms with Crippen LogP contribution in [0.15, 0.2) is 90.9 Å². The minimum absolute atomic E-state index is 0.0615. The van der Waals surface area contributed by atoms with Crippen molar-refractivity contribution < 1.29 is 26.5 Å². The predicted molar refractivity (Wildman–Crippen MR) is 160 cm³/mol. The molecule has 11 nitrogen and oxygen atoms in total. The first-order valence-electron chi connectivity index (χ1n) is 12.3. The van der Waals surface area contributed by atoms with Gasteiger partial charge < -0.3 is 10.8 Å². The molecule has 1 atom stereocenters. The van der Waals surface area contributed by atoms with Gasteiger partial charge in [0.25, 0.3) is 10.1 Å². The fraction of sp³-hybridized carbons (Fsp3) is 0.214. The van der Waals surface area contributed by atoms with E-state index in [0.29, 0.717) is 21.5 Å². The van der Waals surface area contributed by atoms with E-state index in [4.69, 9.17) is 5.73 Å². The van der Waals surface area contributed by atoms with E-state index in [1.165, 1.54) is 25.7 Å². The third kappa shape index (κ3) is 7.58. The number of hydrogen-bond acceptors (Lipinski definition) is 10. The Morgan fingerprint density at radius 3 is 2.07 bits per heavy atom. The molecule has 1 unspecified atom stereocenters. The summed E-state index contributed by atoms with van der Waals surface area (Å²) >= 11 is -1.37. The molecule has 41 heavy (non-hydrogen) atoms. The van der Waals surface area contributed by atoms with Crippen LogP contribution in [-0.2, 0) is 31.8 Å². The summed E-state index contributed by atoms with van der Waals surface area (Å²) < 4.78 is 48.4. The van der Waals surface area contributed by atoms with Gasteiger partial charge in [0.1, 0.15) is 5.69 Å². The average Bonchev–Trinajstić information content (AvgIpc) is 2.95. The third-order valence-electron chi connectivity index (χ3n) is 6.11. The topological polar surface area (TPSA) is 176 Å². The Hall–Kier alpha value is -4.04. The highest BCUT2D eigenvalue weighted by Gasteiger charge is 2.21. The van der Waals surface area contributed by atoms with Crippen LogP contribution in [0.4, 0.5) is 22.7 Å². The van der Waals surface area contributed by atoms with Gasteiger partial charge >= 0.3 is 0 Å². The number of nitrogens with two attached hydrogens (primary N) is 1. The van der Waals surface area contributed by atoms with E-state index in [0.717, 1.165) is 12.1 Å². The van der Waals surface area contributed by atoms with Gasteiger partial charge in [0.2, 0.25) is 0 Å². The van der Waals surface area contributed by atoms with Gasteiger partial charge in [-0.3, -0.25) is 8.74 Å². The summed E-state index contributed by atoms with van der Waals surface area (Å²) in [5.41, 5.74) is 9.68. The second-order valence-electron chi connectivity index (χ2n) is 8.79. The number of azo groups is 2. The minimum Gasteiger partial charge on any atom is -0.505 e. The molecule has 0 aliphatic heterocycles. The first-order valence-corrected chi connectivity index (χ1v) is 14.8. The number of anilines is 1. The molecule has 0 bridgehead atoms. The first kappa shape index (κ1) is 31.5. The van der Waals surface area contributed by atoms with Crippen LogP contribution in [0.1, 0.15) is 23.6 Å². The number of phenolic OH excluding ortho intramolecular Hbond substituents is 1. The Balaban J connectivity index is 0.000000298. The molecule has 4 aromatic rings. The van der Waals surface area contributed by atoms with Crippen LogP contribution in [0.3, 0.4) is 0 Å². The summed E-state index contributed by atoms with van der Waals surface area (Å²) in [6.45, 7) is 5.25. The van der Waals surface area contributed by atoms with Crippen molar-refractivity contribution in [1.82, 2.24) is 0 Å². The fourth-order valence-corrected chi connectivity index (χ4v) is 5.24. The van der Waals surface area contributed by atoms with Crippen molar-refractivity contribution >= 4 is 54.7 Å². The molecule has 0 aliphatic rings. The van der Waals surface area contributed by atoms with Gasteiger partial charge in [0.05, 0.1) is 28.3 Å². The van der Waals surface area contributed by atoms with Gasteiger partial charge in [0, 0.05) is 18.1 Å². The lowest BCUT2D eigenvalue weighted by Crippen LogP contribution is -2.04. The zero-order valence-corrected chi connectivity index (χ0v) is 24.8. The normalized spacial score (nSPS) is 12.5. The number of fused-ring (bicyclic) bond motifs is 1. The Labute approximate surface area is 241 Å². The van der Waals surface area contributed by atoms with Crippen molar-refractivity contribution in [3.05, 3.63) is 77.4 Å². The van der Waals surface area contributed by atoms with E-state index in [2.05, 4.69) is 31.6 Å². The molecule has 0 radical (unpaired) electrons. The van der Waals surface area contributed by atoms with E-state index < -0.39 is 21.2 Å². The molecule has 0 amide bonds. The van der Waals surface area contributed by atoms with Gasteiger partial charge in [-0.15, -0.1) is 5.11 Å². The molecule has 0 aromatic heterocycles. The maximum atomic E-state index is 11.6. The monoisotopic (exact) mass is 597 g/mol. The summed E-state index contributed by atoms with van der Waals surface area (Å²) in [4.78, 5) is 0.333. The molecule has 0 saturated heterocycles. The van der Waals surface area contributed by atoms with Gasteiger partial charge in [0.15, 0.2) is 16.8 Å². The number of nitrogen functional groups attached to an aromatic ring is 1. The van der Waals surface area contributed by atoms with Crippen molar-refractivity contribution in [1.29, 1.82) is 0 Å². The van der Waals surface area contributed by atoms with Gasteiger partial charge in [-0.1, -0.05) is 19.1 Å². The predicted octanol–water partition coefficient (Wildman–Crippen LogP) is 7.04. The molecule has 0 heterocycles. The highest BCUT2D eigenvalue weighted by atomic mass is 32.2. The lowest BCUT2D eigenvalue weighted by molar-refractivity contribution is 0.445. The van der Waals surface area contributed by atoms with Crippen LogP contribution >= 0.6 is 0 Å². The van der Waals surface area contributed by atoms with Crippen LogP contribution in [0.5, 0.6) is 5.75 Å². The van der Waals surface area contributed by atoms with E-state index >= 15 is 0 Å². The summed E-state index contributed by atoms with van der Waals surface area (Å²) in [7, 11) is -1.44. The molecule has 0 aliphatic carbocycles. The first-order chi connectivity index (χ1) is 19.4. The summed E-state index contributed by atoms with van der Waals surface area (Å²) in [5, 5.41) is 27.2. The molecule has 0 saturated carbocycles. The third-order valence-corrected chi connectivity index (χ3v) is 8.05. The SMILES string of the molecule is CCc1ccc(N=Nc2c(C)cc3cc(S(=O)(=O)O)c(C)c(N)c3c2O)cc1.CN=Nc1ccc(S(=O)OC)cc1. The van der Waals surface area contributed by atoms with Gasteiger partial charge in [-0.25, -0.2) is 4.21 Å². The molecule has 4 rings (SSSR count).